The number of aldehydes is 1. The lowest BCUT2D eigenvalue weighted by Gasteiger charge is -2.19. The highest BCUT2D eigenvalue weighted by molar-refractivity contribution is 6.01. The fourth-order valence-electron chi connectivity index (χ4n) is 1.52. The molecule has 0 radical (unpaired) electrons. The summed E-state index contributed by atoms with van der Waals surface area (Å²) in [5, 5.41) is 0. The molecule has 4 heteroatoms. The highest BCUT2D eigenvalue weighted by Gasteiger charge is 2.15. The van der Waals surface area contributed by atoms with E-state index in [1.807, 2.05) is 6.92 Å². The van der Waals surface area contributed by atoms with Gasteiger partial charge in [0.2, 0.25) is 0 Å². The Kier molecular flexibility index (Phi) is 4.19. The lowest BCUT2D eigenvalue weighted by Crippen LogP contribution is -2.37. The fraction of sp³-hybridized carbons (Fsp3) is 0.333. The van der Waals surface area contributed by atoms with Crippen LogP contribution in [0.2, 0.25) is 0 Å². The van der Waals surface area contributed by atoms with Crippen molar-refractivity contribution in [2.24, 2.45) is 5.73 Å². The number of amides is 1. The Bertz CT molecular complexity index is 388. The average Bonchev–Trinajstić information content (AvgIpc) is 2.27. The summed E-state index contributed by atoms with van der Waals surface area (Å²) in [5.41, 5.74) is 6.44. The molecule has 86 valence electrons. The Balaban J connectivity index is 2.91. The SMILES string of the molecule is CC(N)CN(C)C(=O)c1ccccc1C=O. The molecule has 1 unspecified atom stereocenters. The standard InChI is InChI=1S/C12H16N2O2/c1-9(13)7-14(2)12(16)11-6-4-3-5-10(11)8-15/h3-6,8-9H,7,13H2,1-2H3. The first-order valence-corrected chi connectivity index (χ1v) is 5.11. The minimum Gasteiger partial charge on any atom is -0.340 e. The summed E-state index contributed by atoms with van der Waals surface area (Å²) in [5.74, 6) is -0.181. The van der Waals surface area contributed by atoms with Crippen LogP contribution in [0.5, 0.6) is 0 Å². The maximum Gasteiger partial charge on any atom is 0.254 e. The van der Waals surface area contributed by atoms with E-state index in [4.69, 9.17) is 5.73 Å². The second kappa shape index (κ2) is 5.42. The zero-order valence-electron chi connectivity index (χ0n) is 9.51. The van der Waals surface area contributed by atoms with Gasteiger partial charge in [-0.05, 0) is 13.0 Å². The van der Waals surface area contributed by atoms with Gasteiger partial charge in [0.15, 0.2) is 6.29 Å². The van der Waals surface area contributed by atoms with Crippen molar-refractivity contribution >= 4 is 12.2 Å². The van der Waals surface area contributed by atoms with Gasteiger partial charge in [-0.1, -0.05) is 18.2 Å². The van der Waals surface area contributed by atoms with E-state index in [1.54, 1.807) is 31.3 Å². The van der Waals surface area contributed by atoms with Crippen molar-refractivity contribution in [1.29, 1.82) is 0 Å². The summed E-state index contributed by atoms with van der Waals surface area (Å²) < 4.78 is 0. The van der Waals surface area contributed by atoms with Gasteiger partial charge in [0.05, 0.1) is 5.56 Å². The lowest BCUT2D eigenvalue weighted by molar-refractivity contribution is 0.0785. The molecule has 1 aromatic carbocycles. The van der Waals surface area contributed by atoms with Crippen LogP contribution in [0.15, 0.2) is 24.3 Å². The summed E-state index contributed by atoms with van der Waals surface area (Å²) in [7, 11) is 1.67. The number of benzene rings is 1. The van der Waals surface area contributed by atoms with Crippen LogP contribution in [0.25, 0.3) is 0 Å². The monoisotopic (exact) mass is 220 g/mol. The van der Waals surface area contributed by atoms with Crippen molar-refractivity contribution in [3.63, 3.8) is 0 Å². The Hall–Kier alpha value is -1.68. The highest BCUT2D eigenvalue weighted by Crippen LogP contribution is 2.09. The molecule has 1 amide bonds. The van der Waals surface area contributed by atoms with Gasteiger partial charge in [-0.25, -0.2) is 0 Å². The predicted molar refractivity (Wildman–Crippen MR) is 62.4 cm³/mol. The third-order valence-corrected chi connectivity index (χ3v) is 2.23. The number of likely N-dealkylation sites (N-methyl/N-ethyl adjacent to an activating group) is 1. The second-order valence-corrected chi connectivity index (χ2v) is 3.87. The summed E-state index contributed by atoms with van der Waals surface area (Å²) in [6.45, 7) is 2.29. The van der Waals surface area contributed by atoms with Gasteiger partial charge in [0, 0.05) is 25.2 Å². The molecule has 0 aromatic heterocycles. The van der Waals surface area contributed by atoms with Gasteiger partial charge in [-0.15, -0.1) is 0 Å². The molecule has 1 rings (SSSR count). The van der Waals surface area contributed by atoms with Crippen molar-refractivity contribution in [3.8, 4) is 0 Å². The Morgan fingerprint density at radius 2 is 2.12 bits per heavy atom. The Morgan fingerprint density at radius 3 is 2.69 bits per heavy atom. The fourth-order valence-corrected chi connectivity index (χ4v) is 1.52. The molecule has 0 spiro atoms. The molecule has 0 aliphatic heterocycles. The zero-order chi connectivity index (χ0) is 12.1. The highest BCUT2D eigenvalue weighted by atomic mass is 16.2. The van der Waals surface area contributed by atoms with E-state index >= 15 is 0 Å². The van der Waals surface area contributed by atoms with E-state index in [1.165, 1.54) is 4.90 Å². The van der Waals surface area contributed by atoms with Crippen molar-refractivity contribution in [2.75, 3.05) is 13.6 Å². The maximum atomic E-state index is 12.0. The molecule has 2 N–H and O–H groups in total. The molecule has 1 aromatic rings. The minimum atomic E-state index is -0.181. The number of carbonyl (C=O) groups excluding carboxylic acids is 2. The van der Waals surface area contributed by atoms with Gasteiger partial charge in [0.25, 0.3) is 5.91 Å². The summed E-state index contributed by atoms with van der Waals surface area (Å²) >= 11 is 0. The lowest BCUT2D eigenvalue weighted by atomic mass is 10.1. The first-order chi connectivity index (χ1) is 7.56. The van der Waals surface area contributed by atoms with Gasteiger partial charge in [0.1, 0.15) is 0 Å². The van der Waals surface area contributed by atoms with Crippen LogP contribution < -0.4 is 5.73 Å². The van der Waals surface area contributed by atoms with Crippen molar-refractivity contribution < 1.29 is 9.59 Å². The number of hydrogen-bond acceptors (Lipinski definition) is 3. The molecule has 0 saturated heterocycles. The number of hydrogen-bond donors (Lipinski definition) is 1. The van der Waals surface area contributed by atoms with E-state index < -0.39 is 0 Å². The normalized spacial score (nSPS) is 11.9. The van der Waals surface area contributed by atoms with Crippen LogP contribution in [0.1, 0.15) is 27.6 Å². The smallest absolute Gasteiger partial charge is 0.254 e. The number of nitrogens with two attached hydrogens (primary N) is 1. The van der Waals surface area contributed by atoms with E-state index in [0.717, 1.165) is 0 Å². The second-order valence-electron chi connectivity index (χ2n) is 3.87. The number of nitrogens with zero attached hydrogens (tertiary/aromatic N) is 1. The molecular weight excluding hydrogens is 204 g/mol. The summed E-state index contributed by atoms with van der Waals surface area (Å²) in [6.07, 6.45) is 0.687. The molecule has 0 saturated carbocycles. The summed E-state index contributed by atoms with van der Waals surface area (Å²) in [4.78, 5) is 24.3. The number of rotatable bonds is 4. The van der Waals surface area contributed by atoms with E-state index in [9.17, 15) is 9.59 Å². The van der Waals surface area contributed by atoms with Gasteiger partial charge in [-0.2, -0.15) is 0 Å². The molecule has 0 bridgehead atoms. The Morgan fingerprint density at radius 1 is 1.50 bits per heavy atom. The van der Waals surface area contributed by atoms with Crippen LogP contribution >= 0.6 is 0 Å². The minimum absolute atomic E-state index is 0.0858. The van der Waals surface area contributed by atoms with Crippen molar-refractivity contribution in [2.45, 2.75) is 13.0 Å². The first-order valence-electron chi connectivity index (χ1n) is 5.11. The van der Waals surface area contributed by atoms with Gasteiger partial charge < -0.3 is 10.6 Å². The zero-order valence-corrected chi connectivity index (χ0v) is 9.51. The predicted octanol–water partition coefficient (Wildman–Crippen LogP) is 0.918. The van der Waals surface area contributed by atoms with E-state index in [0.29, 0.717) is 24.0 Å². The molecule has 0 aliphatic carbocycles. The van der Waals surface area contributed by atoms with Crippen molar-refractivity contribution in [3.05, 3.63) is 35.4 Å². The average molecular weight is 220 g/mol. The molecule has 0 aliphatic rings. The topological polar surface area (TPSA) is 63.4 Å². The summed E-state index contributed by atoms with van der Waals surface area (Å²) in [6, 6.07) is 6.65. The van der Waals surface area contributed by atoms with E-state index in [-0.39, 0.29) is 11.9 Å². The van der Waals surface area contributed by atoms with Gasteiger partial charge in [-0.3, -0.25) is 9.59 Å². The largest absolute Gasteiger partial charge is 0.340 e. The van der Waals surface area contributed by atoms with Crippen LogP contribution in [0.4, 0.5) is 0 Å². The number of carbonyl (C=O) groups is 2. The maximum absolute atomic E-state index is 12.0. The van der Waals surface area contributed by atoms with Crippen molar-refractivity contribution in [1.82, 2.24) is 4.90 Å². The molecule has 16 heavy (non-hydrogen) atoms. The molecule has 0 fully saturated rings. The first kappa shape index (κ1) is 12.4. The van der Waals surface area contributed by atoms with Crippen LogP contribution in [0, 0.1) is 0 Å². The van der Waals surface area contributed by atoms with Crippen LogP contribution in [0.3, 0.4) is 0 Å². The Labute approximate surface area is 95.0 Å². The third-order valence-electron chi connectivity index (χ3n) is 2.23. The van der Waals surface area contributed by atoms with Crippen LogP contribution in [-0.4, -0.2) is 36.7 Å². The molecular formula is C12H16N2O2. The molecule has 4 nitrogen and oxygen atoms in total. The molecule has 0 heterocycles. The van der Waals surface area contributed by atoms with Crippen LogP contribution in [-0.2, 0) is 0 Å². The molecule has 1 atom stereocenters. The van der Waals surface area contributed by atoms with E-state index in [2.05, 4.69) is 0 Å². The quantitative estimate of drug-likeness (QED) is 0.767. The third kappa shape index (κ3) is 2.90. The van der Waals surface area contributed by atoms with Gasteiger partial charge >= 0.3 is 0 Å².